The van der Waals surface area contributed by atoms with Crippen molar-refractivity contribution >= 4 is 38.6 Å². The van der Waals surface area contributed by atoms with Crippen LogP contribution in [0.1, 0.15) is 4.88 Å². The molecule has 7 heteroatoms. The highest BCUT2D eigenvalue weighted by atomic mass is 35.5. The first-order chi connectivity index (χ1) is 8.51. The zero-order valence-electron chi connectivity index (χ0n) is 9.26. The fraction of sp³-hybridized carbons (Fsp3) is 0.0909. The molecular weight excluding hydrogens is 292 g/mol. The standard InChI is InChI=1S/C11H11ClN2O2S2/c12-8-1-3-9(4-2-8)14-18(15,16)11-6-5-10(7-13)17-11/h1-6,14H,7,13H2. The Hall–Kier alpha value is -1.08. The van der Waals surface area contributed by atoms with Crippen molar-refractivity contribution in [1.82, 2.24) is 0 Å². The van der Waals surface area contributed by atoms with Crippen molar-refractivity contribution in [2.24, 2.45) is 5.73 Å². The van der Waals surface area contributed by atoms with Crippen LogP contribution in [0.3, 0.4) is 0 Å². The molecule has 0 unspecified atom stereocenters. The number of hydrogen-bond acceptors (Lipinski definition) is 4. The van der Waals surface area contributed by atoms with Gasteiger partial charge in [0.1, 0.15) is 4.21 Å². The van der Waals surface area contributed by atoms with Crippen LogP contribution in [0.2, 0.25) is 5.02 Å². The van der Waals surface area contributed by atoms with Gasteiger partial charge >= 0.3 is 0 Å². The molecule has 0 atom stereocenters. The summed E-state index contributed by atoms with van der Waals surface area (Å²) in [5, 5.41) is 0.555. The molecule has 18 heavy (non-hydrogen) atoms. The molecule has 0 saturated carbocycles. The summed E-state index contributed by atoms with van der Waals surface area (Å²) in [7, 11) is -3.55. The summed E-state index contributed by atoms with van der Waals surface area (Å²) in [6, 6.07) is 9.72. The lowest BCUT2D eigenvalue weighted by atomic mass is 10.3. The van der Waals surface area contributed by atoms with Crippen LogP contribution in [0.15, 0.2) is 40.6 Å². The predicted octanol–water partition coefficient (Wildman–Crippen LogP) is 2.66. The fourth-order valence-corrected chi connectivity index (χ4v) is 3.75. The van der Waals surface area contributed by atoms with Crippen LogP contribution in [-0.4, -0.2) is 8.42 Å². The van der Waals surface area contributed by atoms with Gasteiger partial charge in [-0.25, -0.2) is 8.42 Å². The largest absolute Gasteiger partial charge is 0.326 e. The van der Waals surface area contributed by atoms with Gasteiger partial charge in [-0.1, -0.05) is 11.6 Å². The van der Waals surface area contributed by atoms with Crippen LogP contribution in [0.5, 0.6) is 0 Å². The van der Waals surface area contributed by atoms with Gasteiger partial charge in [0.2, 0.25) is 0 Å². The van der Waals surface area contributed by atoms with Gasteiger partial charge < -0.3 is 5.73 Å². The zero-order valence-corrected chi connectivity index (χ0v) is 11.6. The Labute approximate surface area is 114 Å². The number of anilines is 1. The van der Waals surface area contributed by atoms with E-state index in [-0.39, 0.29) is 4.21 Å². The summed E-state index contributed by atoms with van der Waals surface area (Å²) in [5.41, 5.74) is 5.93. The van der Waals surface area contributed by atoms with Crippen LogP contribution in [-0.2, 0) is 16.6 Å². The van der Waals surface area contributed by atoms with Crippen LogP contribution >= 0.6 is 22.9 Å². The van der Waals surface area contributed by atoms with Crippen LogP contribution in [0, 0.1) is 0 Å². The zero-order chi connectivity index (χ0) is 13.2. The highest BCUT2D eigenvalue weighted by molar-refractivity contribution is 7.94. The van der Waals surface area contributed by atoms with E-state index in [4.69, 9.17) is 17.3 Å². The molecule has 2 aromatic rings. The van der Waals surface area contributed by atoms with Gasteiger partial charge in [-0.05, 0) is 36.4 Å². The minimum atomic E-state index is -3.55. The Morgan fingerprint density at radius 3 is 2.39 bits per heavy atom. The molecule has 0 bridgehead atoms. The van der Waals surface area contributed by atoms with Crippen molar-refractivity contribution in [3.05, 3.63) is 46.3 Å². The van der Waals surface area contributed by atoms with Crippen molar-refractivity contribution in [1.29, 1.82) is 0 Å². The molecule has 0 aliphatic rings. The maximum Gasteiger partial charge on any atom is 0.271 e. The number of halogens is 1. The van der Waals surface area contributed by atoms with Crippen molar-refractivity contribution in [3.8, 4) is 0 Å². The average Bonchev–Trinajstić information content (AvgIpc) is 2.81. The molecule has 0 spiro atoms. The summed E-state index contributed by atoms with van der Waals surface area (Å²) in [6.07, 6.45) is 0. The van der Waals surface area contributed by atoms with E-state index in [1.165, 1.54) is 0 Å². The first kappa shape index (κ1) is 13.4. The molecule has 1 heterocycles. The Morgan fingerprint density at radius 2 is 1.83 bits per heavy atom. The van der Waals surface area contributed by atoms with E-state index in [2.05, 4.69) is 4.72 Å². The van der Waals surface area contributed by atoms with E-state index in [1.807, 2.05) is 0 Å². The molecule has 1 aromatic carbocycles. The normalized spacial score (nSPS) is 11.4. The van der Waals surface area contributed by atoms with Crippen molar-refractivity contribution in [2.75, 3.05) is 4.72 Å². The molecular formula is C11H11ClN2O2S2. The Bertz CT molecular complexity index is 635. The Kier molecular flexibility index (Phi) is 3.91. The van der Waals surface area contributed by atoms with Crippen LogP contribution < -0.4 is 10.5 Å². The van der Waals surface area contributed by atoms with E-state index in [0.29, 0.717) is 17.3 Å². The topological polar surface area (TPSA) is 72.2 Å². The first-order valence-corrected chi connectivity index (χ1v) is 7.76. The molecule has 0 amide bonds. The summed E-state index contributed by atoms with van der Waals surface area (Å²) >= 11 is 6.89. The monoisotopic (exact) mass is 302 g/mol. The minimum Gasteiger partial charge on any atom is -0.326 e. The number of nitrogens with two attached hydrogens (primary N) is 1. The Morgan fingerprint density at radius 1 is 1.17 bits per heavy atom. The van der Waals surface area contributed by atoms with Gasteiger partial charge in [0.05, 0.1) is 0 Å². The summed E-state index contributed by atoms with van der Waals surface area (Å²) in [4.78, 5) is 0.825. The lowest BCUT2D eigenvalue weighted by Crippen LogP contribution is -2.11. The summed E-state index contributed by atoms with van der Waals surface area (Å²) in [5.74, 6) is 0. The van der Waals surface area contributed by atoms with E-state index in [0.717, 1.165) is 16.2 Å². The number of rotatable bonds is 4. The average molecular weight is 303 g/mol. The van der Waals surface area contributed by atoms with Gasteiger partial charge in [0, 0.05) is 22.1 Å². The highest BCUT2D eigenvalue weighted by Gasteiger charge is 2.16. The SMILES string of the molecule is NCc1ccc(S(=O)(=O)Nc2ccc(Cl)cc2)s1. The number of benzene rings is 1. The maximum absolute atomic E-state index is 12.0. The van der Waals surface area contributed by atoms with Gasteiger partial charge in [0.25, 0.3) is 10.0 Å². The van der Waals surface area contributed by atoms with Crippen molar-refractivity contribution in [3.63, 3.8) is 0 Å². The number of hydrogen-bond donors (Lipinski definition) is 2. The number of thiophene rings is 1. The van der Waals surface area contributed by atoms with Gasteiger partial charge in [-0.3, -0.25) is 4.72 Å². The smallest absolute Gasteiger partial charge is 0.271 e. The third kappa shape index (κ3) is 3.02. The van der Waals surface area contributed by atoms with E-state index < -0.39 is 10.0 Å². The minimum absolute atomic E-state index is 0.248. The molecule has 0 fully saturated rings. The molecule has 1 aromatic heterocycles. The molecule has 96 valence electrons. The first-order valence-electron chi connectivity index (χ1n) is 5.08. The van der Waals surface area contributed by atoms with Gasteiger partial charge in [-0.15, -0.1) is 11.3 Å². The lowest BCUT2D eigenvalue weighted by Gasteiger charge is -2.05. The summed E-state index contributed by atoms with van der Waals surface area (Å²) in [6.45, 7) is 0.334. The molecule has 4 nitrogen and oxygen atoms in total. The van der Waals surface area contributed by atoms with E-state index in [9.17, 15) is 8.42 Å². The highest BCUT2D eigenvalue weighted by Crippen LogP contribution is 2.24. The lowest BCUT2D eigenvalue weighted by molar-refractivity contribution is 0.603. The second-order valence-electron chi connectivity index (χ2n) is 3.54. The maximum atomic E-state index is 12.0. The van der Waals surface area contributed by atoms with Crippen LogP contribution in [0.25, 0.3) is 0 Å². The molecule has 2 rings (SSSR count). The number of sulfonamides is 1. The van der Waals surface area contributed by atoms with Crippen molar-refractivity contribution < 1.29 is 8.42 Å². The molecule has 0 aliphatic heterocycles. The van der Waals surface area contributed by atoms with Crippen molar-refractivity contribution in [2.45, 2.75) is 10.8 Å². The van der Waals surface area contributed by atoms with Gasteiger partial charge in [0.15, 0.2) is 0 Å². The molecule has 3 N–H and O–H groups in total. The summed E-state index contributed by atoms with van der Waals surface area (Å²) < 4.78 is 26.8. The van der Waals surface area contributed by atoms with E-state index in [1.54, 1.807) is 36.4 Å². The third-order valence-electron chi connectivity index (χ3n) is 2.20. The fourth-order valence-electron chi connectivity index (χ4n) is 1.34. The third-order valence-corrected chi connectivity index (χ3v) is 5.43. The van der Waals surface area contributed by atoms with E-state index >= 15 is 0 Å². The second kappa shape index (κ2) is 5.27. The molecule has 0 aliphatic carbocycles. The molecule has 0 radical (unpaired) electrons. The van der Waals surface area contributed by atoms with Gasteiger partial charge in [-0.2, -0.15) is 0 Å². The molecule has 0 saturated heterocycles. The predicted molar refractivity (Wildman–Crippen MR) is 74.5 cm³/mol. The quantitative estimate of drug-likeness (QED) is 0.912. The number of nitrogens with one attached hydrogen (secondary N) is 1. The van der Waals surface area contributed by atoms with Crippen LogP contribution in [0.4, 0.5) is 5.69 Å². The second-order valence-corrected chi connectivity index (χ2v) is 7.05. The Balaban J connectivity index is 2.24.